The Morgan fingerprint density at radius 1 is 1.19 bits per heavy atom. The third-order valence-corrected chi connectivity index (χ3v) is 4.58. The summed E-state index contributed by atoms with van der Waals surface area (Å²) in [4.78, 5) is 21.3. The molecule has 3 rings (SSSR count). The van der Waals surface area contributed by atoms with Gasteiger partial charge in [-0.1, -0.05) is 0 Å². The number of aliphatic hydroxyl groups excluding tert-OH is 1. The molecule has 7 nitrogen and oxygen atoms in total. The summed E-state index contributed by atoms with van der Waals surface area (Å²) in [6.07, 6.45) is 3.16. The highest BCUT2D eigenvalue weighted by Crippen LogP contribution is 2.14. The van der Waals surface area contributed by atoms with Crippen LogP contribution in [0.1, 0.15) is 22.6 Å². The number of nitrogens with one attached hydrogen (secondary N) is 1. The number of rotatable bonds is 9. The molecule has 31 heavy (non-hydrogen) atoms. The fourth-order valence-electron chi connectivity index (χ4n) is 2.88. The third kappa shape index (κ3) is 5.74. The van der Waals surface area contributed by atoms with E-state index in [1.54, 1.807) is 25.4 Å². The second kappa shape index (κ2) is 10.3. The molecule has 0 saturated carbocycles. The Kier molecular flexibility index (Phi) is 7.48. The van der Waals surface area contributed by atoms with Crippen molar-refractivity contribution in [2.24, 2.45) is 0 Å². The summed E-state index contributed by atoms with van der Waals surface area (Å²) in [6, 6.07) is 4.75. The summed E-state index contributed by atoms with van der Waals surface area (Å²) in [7, 11) is 5.95. The van der Waals surface area contributed by atoms with E-state index in [1.165, 1.54) is 10.6 Å². The molecule has 1 aromatic carbocycles. The molecule has 0 amide bonds. The lowest BCUT2D eigenvalue weighted by Gasteiger charge is -2.15. The number of nitrogens with zero attached hydrogens (tertiary/aromatic N) is 3. The van der Waals surface area contributed by atoms with Gasteiger partial charge in [-0.05, 0) is 25.1 Å². The summed E-state index contributed by atoms with van der Waals surface area (Å²) in [5.74, 6) is -1.30. The van der Waals surface area contributed by atoms with Gasteiger partial charge in [-0.3, -0.25) is 14.8 Å². The van der Waals surface area contributed by atoms with E-state index >= 15 is 0 Å². The third-order valence-electron chi connectivity index (χ3n) is 4.58. The van der Waals surface area contributed by atoms with Crippen molar-refractivity contribution < 1.29 is 18.6 Å². The first-order valence-electron chi connectivity index (χ1n) is 9.57. The van der Waals surface area contributed by atoms with Crippen molar-refractivity contribution in [3.63, 3.8) is 0 Å². The van der Waals surface area contributed by atoms with Crippen LogP contribution in [-0.2, 0) is 19.7 Å². The molecule has 2 aromatic heterocycles. The molecule has 0 bridgehead atoms. The number of hydrogen-bond donors (Lipinski definition) is 2. The normalized spacial score (nSPS) is 11.0. The number of pyridine rings is 1. The molecule has 0 atom stereocenters. The van der Waals surface area contributed by atoms with Gasteiger partial charge in [0.25, 0.3) is 0 Å². The standard InChI is InChI=1S/C21H21BF2N4O3/c1-13-6-19(31-12-14-2-3-15(23)7-18(14)24)20(22)21(30)28(13)11-17-10-26-16(9-27-17)8-25-4-5-29/h2-3,6-7,9-10,25,29H,4-5,8,11-12H2,1H3. The second-order valence-electron chi connectivity index (χ2n) is 6.88. The van der Waals surface area contributed by atoms with E-state index < -0.39 is 17.2 Å². The Labute approximate surface area is 179 Å². The maximum absolute atomic E-state index is 13.8. The van der Waals surface area contributed by atoms with Crippen LogP contribution in [0.5, 0.6) is 5.75 Å². The molecule has 3 aromatic rings. The van der Waals surface area contributed by atoms with Crippen molar-refractivity contribution in [3.05, 3.63) is 81.3 Å². The largest absolute Gasteiger partial charge is 0.489 e. The molecule has 0 aliphatic heterocycles. The molecule has 0 aliphatic carbocycles. The van der Waals surface area contributed by atoms with Crippen LogP contribution >= 0.6 is 0 Å². The Bertz CT molecular complexity index is 1110. The van der Waals surface area contributed by atoms with E-state index in [9.17, 15) is 13.6 Å². The average molecular weight is 426 g/mol. The fraction of sp³-hybridized carbons (Fsp3) is 0.286. The lowest BCUT2D eigenvalue weighted by molar-refractivity contribution is 0.291. The molecule has 0 aliphatic rings. The predicted octanol–water partition coefficient (Wildman–Crippen LogP) is 0.728. The highest BCUT2D eigenvalue weighted by atomic mass is 19.1. The summed E-state index contributed by atoms with van der Waals surface area (Å²) in [5.41, 5.74) is 1.40. The van der Waals surface area contributed by atoms with Crippen molar-refractivity contribution in [1.29, 1.82) is 0 Å². The number of halogens is 2. The molecule has 160 valence electrons. The highest BCUT2D eigenvalue weighted by Gasteiger charge is 2.13. The van der Waals surface area contributed by atoms with Gasteiger partial charge in [0, 0.05) is 35.9 Å². The SMILES string of the molecule is [B]c1c(OCc2ccc(F)cc2F)cc(C)n(Cc2cnc(CNCCO)cn2)c1=O. The topological polar surface area (TPSA) is 89.3 Å². The minimum atomic E-state index is -0.739. The first kappa shape index (κ1) is 22.6. The van der Waals surface area contributed by atoms with Crippen molar-refractivity contribution in [2.45, 2.75) is 26.6 Å². The molecule has 2 N–H and O–H groups in total. The summed E-state index contributed by atoms with van der Waals surface area (Å²) in [6.45, 7) is 2.65. The van der Waals surface area contributed by atoms with Gasteiger partial charge in [0.05, 0.1) is 36.9 Å². The van der Waals surface area contributed by atoms with Gasteiger partial charge < -0.3 is 19.7 Å². The maximum atomic E-state index is 13.8. The Balaban J connectivity index is 1.73. The Hall–Kier alpha value is -3.11. The van der Waals surface area contributed by atoms with Crippen LogP contribution in [0.2, 0.25) is 0 Å². The van der Waals surface area contributed by atoms with Gasteiger partial charge in [-0.2, -0.15) is 0 Å². The van der Waals surface area contributed by atoms with Crippen LogP contribution in [0, 0.1) is 18.6 Å². The highest BCUT2D eigenvalue weighted by molar-refractivity contribution is 6.33. The van der Waals surface area contributed by atoms with Gasteiger partial charge >= 0.3 is 0 Å². The number of benzene rings is 1. The molecule has 2 heterocycles. The lowest BCUT2D eigenvalue weighted by Crippen LogP contribution is -2.37. The number of aliphatic hydroxyl groups is 1. The van der Waals surface area contributed by atoms with E-state index in [0.717, 1.165) is 12.1 Å². The van der Waals surface area contributed by atoms with E-state index in [0.29, 0.717) is 30.2 Å². The molecule has 0 spiro atoms. The number of ether oxygens (including phenoxy) is 1. The predicted molar refractivity (Wildman–Crippen MR) is 111 cm³/mol. The summed E-state index contributed by atoms with van der Waals surface area (Å²) < 4.78 is 33.8. The minimum Gasteiger partial charge on any atom is -0.489 e. The van der Waals surface area contributed by atoms with Gasteiger partial charge in [-0.15, -0.1) is 0 Å². The Morgan fingerprint density at radius 2 is 1.94 bits per heavy atom. The van der Waals surface area contributed by atoms with Gasteiger partial charge in [-0.25, -0.2) is 8.78 Å². The molecular formula is C21H21BF2N4O3. The van der Waals surface area contributed by atoms with Crippen LogP contribution in [-0.4, -0.2) is 40.6 Å². The zero-order chi connectivity index (χ0) is 22.4. The van der Waals surface area contributed by atoms with Gasteiger partial charge in [0.2, 0.25) is 5.56 Å². The van der Waals surface area contributed by atoms with Crippen LogP contribution in [0.15, 0.2) is 41.5 Å². The Morgan fingerprint density at radius 3 is 2.61 bits per heavy atom. The summed E-state index contributed by atoms with van der Waals surface area (Å²) in [5, 5.41) is 11.8. The van der Waals surface area contributed by atoms with Crippen LogP contribution in [0.25, 0.3) is 0 Å². The van der Waals surface area contributed by atoms with Crippen LogP contribution in [0.3, 0.4) is 0 Å². The minimum absolute atomic E-state index is 0.0354. The molecule has 0 fully saturated rings. The monoisotopic (exact) mass is 426 g/mol. The zero-order valence-corrected chi connectivity index (χ0v) is 16.9. The smallest absolute Gasteiger partial charge is 0.247 e. The number of aryl methyl sites for hydroxylation is 1. The lowest BCUT2D eigenvalue weighted by atomic mass is 9.96. The van der Waals surface area contributed by atoms with Crippen LogP contribution < -0.4 is 21.1 Å². The van der Waals surface area contributed by atoms with E-state index in [1.807, 2.05) is 0 Å². The van der Waals surface area contributed by atoms with E-state index in [4.69, 9.17) is 17.7 Å². The fourth-order valence-corrected chi connectivity index (χ4v) is 2.88. The van der Waals surface area contributed by atoms with E-state index in [-0.39, 0.29) is 36.5 Å². The maximum Gasteiger partial charge on any atom is 0.247 e. The molecule has 2 radical (unpaired) electrons. The first-order chi connectivity index (χ1) is 14.9. The summed E-state index contributed by atoms with van der Waals surface area (Å²) >= 11 is 0. The van der Waals surface area contributed by atoms with Crippen LogP contribution in [0.4, 0.5) is 8.78 Å². The number of aromatic nitrogens is 3. The quantitative estimate of drug-likeness (QED) is 0.388. The second-order valence-corrected chi connectivity index (χ2v) is 6.88. The zero-order valence-electron chi connectivity index (χ0n) is 16.9. The molecular weight excluding hydrogens is 405 g/mol. The molecule has 0 saturated heterocycles. The van der Waals surface area contributed by atoms with Crippen molar-refractivity contribution >= 4 is 13.3 Å². The van der Waals surface area contributed by atoms with Crippen molar-refractivity contribution in [2.75, 3.05) is 13.2 Å². The first-order valence-corrected chi connectivity index (χ1v) is 9.57. The average Bonchev–Trinajstić information content (AvgIpc) is 2.75. The van der Waals surface area contributed by atoms with Crippen molar-refractivity contribution in [3.8, 4) is 5.75 Å². The van der Waals surface area contributed by atoms with E-state index in [2.05, 4.69) is 15.3 Å². The van der Waals surface area contributed by atoms with Crippen molar-refractivity contribution in [1.82, 2.24) is 19.9 Å². The molecule has 0 unspecified atom stereocenters. The van der Waals surface area contributed by atoms with Gasteiger partial charge in [0.1, 0.15) is 31.8 Å². The number of hydrogen-bond acceptors (Lipinski definition) is 6. The molecule has 10 heteroatoms. The van der Waals surface area contributed by atoms with Gasteiger partial charge in [0.15, 0.2) is 0 Å².